The van der Waals surface area contributed by atoms with Gasteiger partial charge >= 0.3 is 5.97 Å². The highest BCUT2D eigenvalue weighted by atomic mass is 16.6. The van der Waals surface area contributed by atoms with E-state index >= 15 is 0 Å². The summed E-state index contributed by atoms with van der Waals surface area (Å²) in [6.07, 6.45) is 2.83. The van der Waals surface area contributed by atoms with Crippen LogP contribution in [0.1, 0.15) is 50.4 Å². The predicted molar refractivity (Wildman–Crippen MR) is 101 cm³/mol. The lowest BCUT2D eigenvalue weighted by Gasteiger charge is -2.38. The van der Waals surface area contributed by atoms with Gasteiger partial charge in [0.15, 0.2) is 18.1 Å². The number of ether oxygens (including phenoxy) is 3. The molecule has 0 bridgehead atoms. The van der Waals surface area contributed by atoms with Crippen molar-refractivity contribution in [1.82, 2.24) is 4.90 Å². The summed E-state index contributed by atoms with van der Waals surface area (Å²) in [5.41, 5.74) is -0.765. The fraction of sp³-hybridized carbons (Fsp3) is 0.579. The van der Waals surface area contributed by atoms with E-state index in [2.05, 4.69) is 0 Å². The molecule has 2 rings (SSSR count). The Balaban J connectivity index is 2.19. The van der Waals surface area contributed by atoms with E-state index in [9.17, 15) is 19.7 Å². The fourth-order valence-electron chi connectivity index (χ4n) is 3.48. The van der Waals surface area contributed by atoms with Gasteiger partial charge in [0.2, 0.25) is 0 Å². The molecule has 0 aliphatic carbocycles. The first-order chi connectivity index (χ1) is 13.3. The van der Waals surface area contributed by atoms with Crippen molar-refractivity contribution in [3.05, 3.63) is 27.8 Å². The highest BCUT2D eigenvalue weighted by Crippen LogP contribution is 2.35. The van der Waals surface area contributed by atoms with E-state index in [0.29, 0.717) is 0 Å². The van der Waals surface area contributed by atoms with Crippen molar-refractivity contribution < 1.29 is 28.7 Å². The van der Waals surface area contributed by atoms with Gasteiger partial charge in [0.25, 0.3) is 11.6 Å². The number of nitrogens with zero attached hydrogens (tertiary/aromatic N) is 2. The van der Waals surface area contributed by atoms with E-state index in [1.165, 1.54) is 13.2 Å². The van der Waals surface area contributed by atoms with E-state index in [-0.39, 0.29) is 41.7 Å². The summed E-state index contributed by atoms with van der Waals surface area (Å²) in [6, 6.07) is 2.45. The Kier molecular flexibility index (Phi) is 7.19. The van der Waals surface area contributed by atoms with E-state index < -0.39 is 23.2 Å². The number of hydrogen-bond acceptors (Lipinski definition) is 7. The first-order valence-corrected chi connectivity index (χ1v) is 9.27. The number of nitro groups is 1. The number of rotatable bonds is 7. The zero-order valence-corrected chi connectivity index (χ0v) is 16.6. The monoisotopic (exact) mass is 394 g/mol. The molecule has 154 valence electrons. The molecule has 1 aromatic carbocycles. The molecule has 0 unspecified atom stereocenters. The van der Waals surface area contributed by atoms with Crippen LogP contribution in [0.5, 0.6) is 11.5 Å². The van der Waals surface area contributed by atoms with Crippen molar-refractivity contribution in [3.63, 3.8) is 0 Å². The summed E-state index contributed by atoms with van der Waals surface area (Å²) in [7, 11) is 1.35. The highest BCUT2D eigenvalue weighted by molar-refractivity contribution is 5.96. The summed E-state index contributed by atoms with van der Waals surface area (Å²) in [5, 5.41) is 11.4. The second-order valence-corrected chi connectivity index (χ2v) is 6.72. The Morgan fingerprint density at radius 1 is 1.21 bits per heavy atom. The average Bonchev–Trinajstić information content (AvgIpc) is 2.65. The topological polar surface area (TPSA) is 108 Å². The van der Waals surface area contributed by atoms with E-state index in [1.807, 2.05) is 13.8 Å². The van der Waals surface area contributed by atoms with Crippen molar-refractivity contribution in [2.24, 2.45) is 0 Å². The largest absolute Gasteiger partial charge is 0.493 e. The SMILES string of the molecule is CCOc1cc(C(=O)OCC(=O)N2[C@H](C)CCC[C@H]2C)c([N+](=O)[O-])cc1OC. The Bertz CT molecular complexity index is 740. The Hall–Kier alpha value is -2.84. The summed E-state index contributed by atoms with van der Waals surface area (Å²) in [4.78, 5) is 37.4. The molecule has 9 nitrogen and oxygen atoms in total. The third-order valence-corrected chi connectivity index (χ3v) is 4.81. The number of carbonyl (C=O) groups excluding carboxylic acids is 2. The number of piperidine rings is 1. The predicted octanol–water partition coefficient (Wildman–Crippen LogP) is 2.95. The zero-order chi connectivity index (χ0) is 20.8. The molecule has 1 fully saturated rings. The van der Waals surface area contributed by atoms with E-state index in [4.69, 9.17) is 14.2 Å². The third kappa shape index (κ3) is 4.71. The number of nitro benzene ring substituents is 1. The molecule has 2 atom stereocenters. The minimum Gasteiger partial charge on any atom is -0.493 e. The first-order valence-electron chi connectivity index (χ1n) is 9.27. The standard InChI is InChI=1S/C19H26N2O7/c1-5-27-17-9-14(15(21(24)25)10-16(17)26-4)19(23)28-11-18(22)20-12(2)7-6-8-13(20)3/h9-10,12-13H,5-8,11H2,1-4H3/t12-,13-/m1/s1. The van der Waals surface area contributed by atoms with Gasteiger partial charge in [-0.05, 0) is 40.0 Å². The molecule has 9 heteroatoms. The first kappa shape index (κ1) is 21.5. The van der Waals surface area contributed by atoms with Gasteiger partial charge in [0.1, 0.15) is 5.56 Å². The maximum atomic E-state index is 12.5. The molecule has 0 N–H and O–H groups in total. The summed E-state index contributed by atoms with van der Waals surface area (Å²) in [5.74, 6) is -0.945. The molecule has 1 aliphatic heterocycles. The van der Waals surface area contributed by atoms with Crippen LogP contribution in [0, 0.1) is 10.1 Å². The summed E-state index contributed by atoms with van der Waals surface area (Å²) in [6.45, 7) is 5.46. The maximum absolute atomic E-state index is 12.5. The molecule has 1 aliphatic rings. The van der Waals surface area contributed by atoms with Crippen LogP contribution in [0.15, 0.2) is 12.1 Å². The molecular formula is C19H26N2O7. The molecule has 28 heavy (non-hydrogen) atoms. The van der Waals surface area contributed by atoms with Crippen LogP contribution in [0.2, 0.25) is 0 Å². The number of carbonyl (C=O) groups is 2. The molecule has 1 aromatic rings. The van der Waals surface area contributed by atoms with E-state index in [0.717, 1.165) is 25.3 Å². The van der Waals surface area contributed by atoms with Crippen LogP contribution >= 0.6 is 0 Å². The van der Waals surface area contributed by atoms with Crippen LogP contribution in [0.25, 0.3) is 0 Å². The molecule has 0 radical (unpaired) electrons. The second kappa shape index (κ2) is 9.38. The number of amides is 1. The molecule has 1 saturated heterocycles. The quantitative estimate of drug-likeness (QED) is 0.397. The normalized spacial score (nSPS) is 19.1. The lowest BCUT2D eigenvalue weighted by atomic mass is 9.97. The highest BCUT2D eigenvalue weighted by Gasteiger charge is 2.31. The third-order valence-electron chi connectivity index (χ3n) is 4.81. The summed E-state index contributed by atoms with van der Waals surface area (Å²) < 4.78 is 15.6. The molecule has 0 saturated carbocycles. The lowest BCUT2D eigenvalue weighted by Crippen LogP contribution is -2.49. The smallest absolute Gasteiger partial charge is 0.345 e. The fourth-order valence-corrected chi connectivity index (χ4v) is 3.48. The van der Waals surface area contributed by atoms with Crippen LogP contribution < -0.4 is 9.47 Å². The van der Waals surface area contributed by atoms with Crippen molar-refractivity contribution >= 4 is 17.6 Å². The van der Waals surface area contributed by atoms with Crippen molar-refractivity contribution in [2.75, 3.05) is 20.3 Å². The van der Waals surface area contributed by atoms with Gasteiger partial charge in [-0.25, -0.2) is 4.79 Å². The van der Waals surface area contributed by atoms with Gasteiger partial charge in [0.05, 0.1) is 24.7 Å². The van der Waals surface area contributed by atoms with Crippen molar-refractivity contribution in [3.8, 4) is 11.5 Å². The second-order valence-electron chi connectivity index (χ2n) is 6.72. The number of hydrogen-bond donors (Lipinski definition) is 0. The minimum absolute atomic E-state index is 0.0647. The van der Waals surface area contributed by atoms with Gasteiger partial charge < -0.3 is 19.1 Å². The Labute approximate surface area is 163 Å². The van der Waals surface area contributed by atoms with Crippen LogP contribution in [-0.4, -0.2) is 54.1 Å². The van der Waals surface area contributed by atoms with Crippen molar-refractivity contribution in [2.45, 2.75) is 52.1 Å². The van der Waals surface area contributed by atoms with Crippen LogP contribution in [0.4, 0.5) is 5.69 Å². The minimum atomic E-state index is -0.957. The number of esters is 1. The molecule has 1 heterocycles. The van der Waals surface area contributed by atoms with Crippen LogP contribution in [0.3, 0.4) is 0 Å². The Morgan fingerprint density at radius 2 is 1.86 bits per heavy atom. The van der Waals surface area contributed by atoms with E-state index in [1.54, 1.807) is 11.8 Å². The average molecular weight is 394 g/mol. The lowest BCUT2D eigenvalue weighted by molar-refractivity contribution is -0.385. The van der Waals surface area contributed by atoms with Gasteiger partial charge in [-0.2, -0.15) is 0 Å². The molecule has 0 aromatic heterocycles. The number of methoxy groups -OCH3 is 1. The molecule has 0 spiro atoms. The summed E-state index contributed by atoms with van der Waals surface area (Å²) >= 11 is 0. The van der Waals surface area contributed by atoms with Gasteiger partial charge in [-0.15, -0.1) is 0 Å². The van der Waals surface area contributed by atoms with Gasteiger partial charge in [-0.1, -0.05) is 0 Å². The van der Waals surface area contributed by atoms with Gasteiger partial charge in [0, 0.05) is 18.2 Å². The zero-order valence-electron chi connectivity index (χ0n) is 16.6. The number of likely N-dealkylation sites (tertiary alicyclic amines) is 1. The maximum Gasteiger partial charge on any atom is 0.345 e. The molecule has 1 amide bonds. The Morgan fingerprint density at radius 3 is 2.39 bits per heavy atom. The number of benzene rings is 1. The molecular weight excluding hydrogens is 368 g/mol. The van der Waals surface area contributed by atoms with Gasteiger partial charge in [-0.3, -0.25) is 14.9 Å². The van der Waals surface area contributed by atoms with Crippen molar-refractivity contribution in [1.29, 1.82) is 0 Å². The van der Waals surface area contributed by atoms with Crippen LogP contribution in [-0.2, 0) is 9.53 Å².